The van der Waals surface area contributed by atoms with E-state index in [9.17, 15) is 0 Å². The molecule has 4 rings (SSSR count). The van der Waals surface area contributed by atoms with Crippen molar-refractivity contribution in [3.05, 3.63) is 40.8 Å². The fourth-order valence-electron chi connectivity index (χ4n) is 3.81. The summed E-state index contributed by atoms with van der Waals surface area (Å²) >= 11 is 0. The molecule has 3 heterocycles. The van der Waals surface area contributed by atoms with Crippen LogP contribution in [0.3, 0.4) is 0 Å². The van der Waals surface area contributed by atoms with E-state index in [4.69, 9.17) is 9.51 Å². The van der Waals surface area contributed by atoms with Crippen LogP contribution in [0.4, 0.5) is 0 Å². The summed E-state index contributed by atoms with van der Waals surface area (Å²) in [5.41, 5.74) is 9.26. The number of rotatable bonds is 5. The van der Waals surface area contributed by atoms with Crippen LogP contribution in [0.5, 0.6) is 0 Å². The predicted molar refractivity (Wildman–Crippen MR) is 107 cm³/mol. The maximum absolute atomic E-state index is 5.40. The fraction of sp³-hybridized carbons (Fsp3) is 0.381. The average Bonchev–Trinajstić information content (AvgIpc) is 3.30. The Morgan fingerprint density at radius 2 is 1.85 bits per heavy atom. The van der Waals surface area contributed by atoms with Crippen LogP contribution in [0.2, 0.25) is 0 Å². The standard InChI is InChI=1S/C21H25N5O/c1-6-7-8-18-22-17-10-15(20-13(4)26-27-14(20)5)9-16(21(17)23-18)19-11(2)24-25-12(19)3/h9-10H,6-8H2,1-5H3,(H,22,23)(H,24,25). The van der Waals surface area contributed by atoms with Crippen molar-refractivity contribution in [2.45, 2.75) is 53.9 Å². The van der Waals surface area contributed by atoms with E-state index >= 15 is 0 Å². The number of benzene rings is 1. The highest BCUT2D eigenvalue weighted by Crippen LogP contribution is 2.37. The number of unbranched alkanes of at least 4 members (excludes halogenated alkanes) is 1. The third-order valence-corrected chi connectivity index (χ3v) is 5.12. The van der Waals surface area contributed by atoms with Crippen LogP contribution in [-0.4, -0.2) is 25.3 Å². The molecule has 0 amide bonds. The Balaban J connectivity index is 1.99. The second-order valence-electron chi connectivity index (χ2n) is 7.22. The molecule has 0 spiro atoms. The molecule has 27 heavy (non-hydrogen) atoms. The highest BCUT2D eigenvalue weighted by molar-refractivity contribution is 5.97. The molecule has 0 atom stereocenters. The zero-order valence-electron chi connectivity index (χ0n) is 16.5. The van der Waals surface area contributed by atoms with Gasteiger partial charge in [0, 0.05) is 28.8 Å². The van der Waals surface area contributed by atoms with E-state index in [0.29, 0.717) is 0 Å². The van der Waals surface area contributed by atoms with Crippen molar-refractivity contribution >= 4 is 11.0 Å². The van der Waals surface area contributed by atoms with Crippen molar-refractivity contribution in [1.29, 1.82) is 0 Å². The number of nitrogens with zero attached hydrogens (tertiary/aromatic N) is 3. The summed E-state index contributed by atoms with van der Waals surface area (Å²) in [6.07, 6.45) is 3.22. The molecule has 0 fully saturated rings. The Kier molecular flexibility index (Phi) is 4.34. The molecule has 1 aromatic carbocycles. The van der Waals surface area contributed by atoms with Crippen LogP contribution in [0.15, 0.2) is 16.7 Å². The number of nitrogens with one attached hydrogen (secondary N) is 2. The summed E-state index contributed by atoms with van der Waals surface area (Å²) in [4.78, 5) is 8.44. The Morgan fingerprint density at radius 1 is 1.04 bits per heavy atom. The molecule has 2 N–H and O–H groups in total. The van der Waals surface area contributed by atoms with Gasteiger partial charge in [-0.2, -0.15) is 5.10 Å². The molecular weight excluding hydrogens is 338 g/mol. The second kappa shape index (κ2) is 6.68. The first-order chi connectivity index (χ1) is 13.0. The molecule has 0 unspecified atom stereocenters. The number of H-pyrrole nitrogens is 2. The monoisotopic (exact) mass is 363 g/mol. The lowest BCUT2D eigenvalue weighted by atomic mass is 9.96. The summed E-state index contributed by atoms with van der Waals surface area (Å²) in [5, 5.41) is 11.6. The Bertz CT molecular complexity index is 1080. The van der Waals surface area contributed by atoms with Crippen LogP contribution in [0, 0.1) is 27.7 Å². The van der Waals surface area contributed by atoms with Crippen LogP contribution in [-0.2, 0) is 6.42 Å². The van der Waals surface area contributed by atoms with E-state index in [1.165, 1.54) is 0 Å². The molecule has 6 nitrogen and oxygen atoms in total. The summed E-state index contributed by atoms with van der Waals surface area (Å²) < 4.78 is 5.40. The number of aryl methyl sites for hydroxylation is 5. The van der Waals surface area contributed by atoms with Crippen LogP contribution in [0.1, 0.15) is 48.4 Å². The topological polar surface area (TPSA) is 83.4 Å². The van der Waals surface area contributed by atoms with Gasteiger partial charge in [0.2, 0.25) is 0 Å². The van der Waals surface area contributed by atoms with Crippen molar-refractivity contribution in [3.63, 3.8) is 0 Å². The molecule has 4 aromatic rings. The highest BCUT2D eigenvalue weighted by atomic mass is 16.5. The van der Waals surface area contributed by atoms with Gasteiger partial charge in [0.15, 0.2) is 0 Å². The number of aromatic nitrogens is 5. The van der Waals surface area contributed by atoms with Gasteiger partial charge in [-0.1, -0.05) is 18.5 Å². The summed E-state index contributed by atoms with van der Waals surface area (Å²) in [6.45, 7) is 10.2. The van der Waals surface area contributed by atoms with Gasteiger partial charge in [-0.15, -0.1) is 0 Å². The summed E-state index contributed by atoms with van der Waals surface area (Å²) in [7, 11) is 0. The molecule has 0 aliphatic heterocycles. The average molecular weight is 363 g/mol. The lowest BCUT2D eigenvalue weighted by molar-refractivity contribution is 0.393. The van der Waals surface area contributed by atoms with Gasteiger partial charge in [-0.05, 0) is 51.8 Å². The number of fused-ring (bicyclic) bond motifs is 1. The van der Waals surface area contributed by atoms with Crippen molar-refractivity contribution in [2.75, 3.05) is 0 Å². The van der Waals surface area contributed by atoms with Gasteiger partial charge >= 0.3 is 0 Å². The van der Waals surface area contributed by atoms with Crippen molar-refractivity contribution < 1.29 is 4.52 Å². The molecule has 0 aliphatic rings. The van der Waals surface area contributed by atoms with Gasteiger partial charge in [0.05, 0.1) is 22.4 Å². The SMILES string of the molecule is CCCCc1nc2c(-c3c(C)n[nH]c3C)cc(-c3c(C)noc3C)cc2[nH]1. The minimum atomic E-state index is 0.823. The molecule has 0 aliphatic carbocycles. The van der Waals surface area contributed by atoms with E-state index in [0.717, 1.165) is 81.2 Å². The lowest BCUT2D eigenvalue weighted by Crippen LogP contribution is -1.89. The molecular formula is C21H25N5O. The number of imidazole rings is 1. The summed E-state index contributed by atoms with van der Waals surface area (Å²) in [6, 6.07) is 4.34. The van der Waals surface area contributed by atoms with E-state index in [1.807, 2.05) is 27.7 Å². The van der Waals surface area contributed by atoms with Crippen LogP contribution < -0.4 is 0 Å². The van der Waals surface area contributed by atoms with Crippen molar-refractivity contribution in [2.24, 2.45) is 0 Å². The van der Waals surface area contributed by atoms with Crippen molar-refractivity contribution in [1.82, 2.24) is 25.3 Å². The smallest absolute Gasteiger partial charge is 0.141 e. The first-order valence-electron chi connectivity index (χ1n) is 9.47. The van der Waals surface area contributed by atoms with E-state index in [1.54, 1.807) is 0 Å². The zero-order chi connectivity index (χ0) is 19.1. The van der Waals surface area contributed by atoms with Crippen molar-refractivity contribution in [3.8, 4) is 22.3 Å². The molecule has 0 radical (unpaired) electrons. The number of aromatic amines is 2. The number of hydrogen-bond acceptors (Lipinski definition) is 4. The zero-order valence-corrected chi connectivity index (χ0v) is 16.5. The van der Waals surface area contributed by atoms with E-state index in [2.05, 4.69) is 39.4 Å². The Morgan fingerprint density at radius 3 is 2.48 bits per heavy atom. The predicted octanol–water partition coefficient (Wildman–Crippen LogP) is 5.18. The quantitative estimate of drug-likeness (QED) is 0.511. The third kappa shape index (κ3) is 2.95. The van der Waals surface area contributed by atoms with Gasteiger partial charge in [0.1, 0.15) is 11.6 Å². The maximum Gasteiger partial charge on any atom is 0.141 e. The highest BCUT2D eigenvalue weighted by Gasteiger charge is 2.20. The summed E-state index contributed by atoms with van der Waals surface area (Å²) in [5.74, 6) is 1.85. The van der Waals surface area contributed by atoms with Gasteiger partial charge in [-0.3, -0.25) is 5.10 Å². The van der Waals surface area contributed by atoms with Crippen LogP contribution in [0.25, 0.3) is 33.3 Å². The molecule has 0 saturated heterocycles. The first kappa shape index (κ1) is 17.5. The molecule has 0 saturated carbocycles. The van der Waals surface area contributed by atoms with Gasteiger partial charge < -0.3 is 9.51 Å². The maximum atomic E-state index is 5.40. The van der Waals surface area contributed by atoms with Crippen LogP contribution >= 0.6 is 0 Å². The van der Waals surface area contributed by atoms with E-state index in [-0.39, 0.29) is 0 Å². The molecule has 0 bridgehead atoms. The van der Waals surface area contributed by atoms with E-state index < -0.39 is 0 Å². The largest absolute Gasteiger partial charge is 0.361 e. The first-order valence-corrected chi connectivity index (χ1v) is 9.47. The normalized spacial score (nSPS) is 11.6. The minimum Gasteiger partial charge on any atom is -0.361 e. The fourth-order valence-corrected chi connectivity index (χ4v) is 3.81. The lowest BCUT2D eigenvalue weighted by Gasteiger charge is -2.08. The molecule has 6 heteroatoms. The van der Waals surface area contributed by atoms with Gasteiger partial charge in [0.25, 0.3) is 0 Å². The molecule has 3 aromatic heterocycles. The Hall–Kier alpha value is -2.89. The second-order valence-corrected chi connectivity index (χ2v) is 7.22. The number of hydrogen-bond donors (Lipinski definition) is 2. The third-order valence-electron chi connectivity index (χ3n) is 5.12. The molecule has 140 valence electrons. The minimum absolute atomic E-state index is 0.823. The van der Waals surface area contributed by atoms with Gasteiger partial charge in [-0.25, -0.2) is 4.98 Å². The Labute approximate surface area is 158 Å².